The van der Waals surface area contributed by atoms with Crippen molar-refractivity contribution in [3.05, 3.63) is 53.6 Å². The first-order chi connectivity index (χ1) is 13.4. The zero-order valence-electron chi connectivity index (χ0n) is 14.7. The maximum absolute atomic E-state index is 12.9. The predicted molar refractivity (Wildman–Crippen MR) is 95.0 cm³/mol. The number of carbonyl (C=O) groups is 1. The van der Waals surface area contributed by atoms with Gasteiger partial charge in [-0.15, -0.1) is 0 Å². The van der Waals surface area contributed by atoms with E-state index in [9.17, 15) is 23.2 Å². The molecule has 8 heteroatoms. The van der Waals surface area contributed by atoms with E-state index >= 15 is 0 Å². The number of ether oxygens (including phenoxy) is 1. The van der Waals surface area contributed by atoms with Gasteiger partial charge in [0.1, 0.15) is 5.75 Å². The van der Waals surface area contributed by atoms with Crippen molar-refractivity contribution in [1.29, 1.82) is 5.26 Å². The van der Waals surface area contributed by atoms with Gasteiger partial charge in [-0.1, -0.05) is 18.2 Å². The Morgan fingerprint density at radius 3 is 2.75 bits per heavy atom. The van der Waals surface area contributed by atoms with E-state index in [0.717, 1.165) is 0 Å². The Morgan fingerprint density at radius 2 is 2.00 bits per heavy atom. The molecule has 2 aromatic rings. The molecule has 144 valence electrons. The molecule has 2 aliphatic heterocycles. The molecular formula is C20H16F3N3O2. The molecule has 4 rings (SSSR count). The maximum Gasteiger partial charge on any atom is 0.471 e. The van der Waals surface area contributed by atoms with Crippen molar-refractivity contribution in [1.82, 2.24) is 5.32 Å². The third-order valence-corrected chi connectivity index (χ3v) is 5.06. The molecular weight excluding hydrogens is 371 g/mol. The number of amides is 1. The molecule has 0 radical (unpaired) electrons. The van der Waals surface area contributed by atoms with Gasteiger partial charge in [0.2, 0.25) is 0 Å². The van der Waals surface area contributed by atoms with Crippen LogP contribution in [0.15, 0.2) is 42.5 Å². The fraction of sp³-hybridized carbons (Fsp3) is 0.300. The van der Waals surface area contributed by atoms with E-state index in [1.54, 1.807) is 42.5 Å². The Morgan fingerprint density at radius 1 is 1.21 bits per heavy atom. The number of rotatable bonds is 1. The van der Waals surface area contributed by atoms with Gasteiger partial charge in [-0.2, -0.15) is 18.4 Å². The molecule has 0 aromatic heterocycles. The van der Waals surface area contributed by atoms with Crippen LogP contribution in [0.4, 0.5) is 18.9 Å². The predicted octanol–water partition coefficient (Wildman–Crippen LogP) is 4.05. The van der Waals surface area contributed by atoms with Crippen LogP contribution in [0.25, 0.3) is 0 Å². The summed E-state index contributed by atoms with van der Waals surface area (Å²) in [5.41, 5.74) is 1.75. The third-order valence-electron chi connectivity index (χ3n) is 5.06. The van der Waals surface area contributed by atoms with Crippen molar-refractivity contribution in [2.24, 2.45) is 0 Å². The van der Waals surface area contributed by atoms with Gasteiger partial charge in [0, 0.05) is 12.1 Å². The minimum atomic E-state index is -4.95. The minimum absolute atomic E-state index is 0.407. The lowest BCUT2D eigenvalue weighted by molar-refractivity contribution is -0.174. The van der Waals surface area contributed by atoms with Crippen molar-refractivity contribution in [3.63, 3.8) is 0 Å². The monoisotopic (exact) mass is 387 g/mol. The molecule has 1 amide bonds. The second-order valence-corrected chi connectivity index (χ2v) is 6.79. The van der Waals surface area contributed by atoms with Crippen molar-refractivity contribution in [2.75, 3.05) is 11.4 Å². The number of anilines is 1. The van der Waals surface area contributed by atoms with Crippen molar-refractivity contribution in [3.8, 4) is 17.6 Å². The summed E-state index contributed by atoms with van der Waals surface area (Å²) < 4.78 is 44.6. The van der Waals surface area contributed by atoms with Crippen LogP contribution in [0.5, 0.6) is 11.5 Å². The van der Waals surface area contributed by atoms with Crippen LogP contribution in [0, 0.1) is 11.3 Å². The molecule has 28 heavy (non-hydrogen) atoms. The largest absolute Gasteiger partial charge is 0.471 e. The van der Waals surface area contributed by atoms with E-state index in [2.05, 4.69) is 11.4 Å². The summed E-state index contributed by atoms with van der Waals surface area (Å²) in [7, 11) is 0. The SMILES string of the molecule is N#Cc1ccc2c(c1)N1CCC[C@@H](NC(=O)C(F)(F)F)[C@@H]1c1ccccc1O2. The summed E-state index contributed by atoms with van der Waals surface area (Å²) in [6.45, 7) is 0.572. The van der Waals surface area contributed by atoms with Gasteiger partial charge in [-0.3, -0.25) is 4.79 Å². The highest BCUT2D eigenvalue weighted by Gasteiger charge is 2.44. The summed E-state index contributed by atoms with van der Waals surface area (Å²) in [6, 6.07) is 12.9. The highest BCUT2D eigenvalue weighted by Crippen LogP contribution is 2.47. The molecule has 2 aliphatic rings. The number of hydrogen-bond acceptors (Lipinski definition) is 4. The molecule has 2 heterocycles. The lowest BCUT2D eigenvalue weighted by Gasteiger charge is -2.42. The second kappa shape index (κ2) is 6.75. The lowest BCUT2D eigenvalue weighted by Crippen LogP contribution is -2.52. The first kappa shape index (κ1) is 18.2. The molecule has 0 aliphatic carbocycles. The fourth-order valence-corrected chi connectivity index (χ4v) is 3.89. The molecule has 0 unspecified atom stereocenters. The number of nitrogens with one attached hydrogen (secondary N) is 1. The summed E-state index contributed by atoms with van der Waals surface area (Å²) >= 11 is 0. The molecule has 2 atom stereocenters. The molecule has 1 saturated heterocycles. The summed E-state index contributed by atoms with van der Waals surface area (Å²) in [6.07, 6.45) is -3.95. The summed E-state index contributed by atoms with van der Waals surface area (Å²) in [4.78, 5) is 13.5. The van der Waals surface area contributed by atoms with E-state index in [1.165, 1.54) is 0 Å². The van der Waals surface area contributed by atoms with Gasteiger partial charge in [0.15, 0.2) is 5.75 Å². The number of benzene rings is 2. The number of carbonyl (C=O) groups excluding carboxylic acids is 1. The van der Waals surface area contributed by atoms with E-state index in [4.69, 9.17) is 4.74 Å². The van der Waals surface area contributed by atoms with Crippen LogP contribution in [-0.4, -0.2) is 24.7 Å². The average Bonchev–Trinajstić information content (AvgIpc) is 2.82. The summed E-state index contributed by atoms with van der Waals surface area (Å²) in [5.74, 6) is -0.904. The van der Waals surface area contributed by atoms with Gasteiger partial charge in [0.25, 0.3) is 0 Å². The maximum atomic E-state index is 12.9. The van der Waals surface area contributed by atoms with Gasteiger partial charge < -0.3 is 15.0 Å². The number of fused-ring (bicyclic) bond motifs is 5. The molecule has 0 bridgehead atoms. The third kappa shape index (κ3) is 3.13. The molecule has 0 saturated carbocycles. The van der Waals surface area contributed by atoms with Gasteiger partial charge >= 0.3 is 12.1 Å². The Labute approximate surface area is 159 Å². The first-order valence-electron chi connectivity index (χ1n) is 8.84. The van der Waals surface area contributed by atoms with Crippen molar-refractivity contribution >= 4 is 11.6 Å². The smallest absolute Gasteiger partial charge is 0.455 e. The molecule has 1 N–H and O–H groups in total. The minimum Gasteiger partial charge on any atom is -0.455 e. The molecule has 5 nitrogen and oxygen atoms in total. The number of piperidine rings is 1. The molecule has 1 fully saturated rings. The van der Waals surface area contributed by atoms with Crippen LogP contribution >= 0.6 is 0 Å². The summed E-state index contributed by atoms with van der Waals surface area (Å²) in [5, 5.41) is 11.4. The van der Waals surface area contributed by atoms with Gasteiger partial charge in [-0.25, -0.2) is 0 Å². The van der Waals surface area contributed by atoms with Gasteiger partial charge in [0.05, 0.1) is 29.4 Å². The normalized spacial score (nSPS) is 20.6. The van der Waals surface area contributed by atoms with E-state index < -0.39 is 24.2 Å². The second-order valence-electron chi connectivity index (χ2n) is 6.79. The Bertz CT molecular complexity index is 968. The zero-order valence-corrected chi connectivity index (χ0v) is 14.7. The van der Waals surface area contributed by atoms with Crippen LogP contribution in [0.2, 0.25) is 0 Å². The van der Waals surface area contributed by atoms with Crippen LogP contribution in [-0.2, 0) is 4.79 Å². The zero-order chi connectivity index (χ0) is 19.9. The molecule has 2 aromatic carbocycles. The fourth-order valence-electron chi connectivity index (χ4n) is 3.89. The highest BCUT2D eigenvalue weighted by atomic mass is 19.4. The average molecular weight is 387 g/mol. The number of hydrogen-bond donors (Lipinski definition) is 1. The number of nitrogens with zero attached hydrogens (tertiary/aromatic N) is 2. The lowest BCUT2D eigenvalue weighted by atomic mass is 9.89. The molecule has 0 spiro atoms. The highest BCUT2D eigenvalue weighted by molar-refractivity contribution is 5.82. The van der Waals surface area contributed by atoms with E-state index in [-0.39, 0.29) is 0 Å². The Kier molecular flexibility index (Phi) is 4.38. The van der Waals surface area contributed by atoms with E-state index in [0.29, 0.717) is 47.7 Å². The van der Waals surface area contributed by atoms with Crippen molar-refractivity contribution in [2.45, 2.75) is 31.1 Å². The number of para-hydroxylation sites is 1. The first-order valence-corrected chi connectivity index (χ1v) is 8.84. The quantitative estimate of drug-likeness (QED) is 0.802. The number of nitriles is 1. The van der Waals surface area contributed by atoms with Crippen LogP contribution < -0.4 is 15.0 Å². The Hall–Kier alpha value is -3.21. The standard InChI is InChI=1S/C20H16F3N3O2/c21-20(22,23)19(27)25-14-5-3-9-26-15-10-12(11-24)7-8-17(15)28-16-6-2-1-4-13(16)18(14)26/h1-2,4,6-8,10,14,18H,3,5,9H2,(H,25,27)/t14-,18+/m1/s1. The van der Waals surface area contributed by atoms with E-state index in [1.807, 2.05) is 4.90 Å². The Balaban J connectivity index is 1.82. The topological polar surface area (TPSA) is 65.4 Å². The van der Waals surface area contributed by atoms with Crippen LogP contribution in [0.3, 0.4) is 0 Å². The number of halogens is 3. The van der Waals surface area contributed by atoms with Crippen molar-refractivity contribution < 1.29 is 22.7 Å². The van der Waals surface area contributed by atoms with Gasteiger partial charge in [-0.05, 0) is 37.1 Å². The number of alkyl halides is 3. The van der Waals surface area contributed by atoms with Crippen LogP contribution in [0.1, 0.15) is 30.0 Å².